The molecule has 1 aromatic heterocycles. The van der Waals surface area contributed by atoms with Crippen LogP contribution in [-0.4, -0.2) is 17.0 Å². The van der Waals surface area contributed by atoms with Crippen LogP contribution in [0.15, 0.2) is 48.5 Å². The summed E-state index contributed by atoms with van der Waals surface area (Å²) < 4.78 is 5.73. The van der Waals surface area contributed by atoms with Crippen LogP contribution in [0.3, 0.4) is 0 Å². The molecule has 0 aliphatic heterocycles. The zero-order chi connectivity index (χ0) is 18.0. The lowest BCUT2D eigenvalue weighted by atomic mass is 10.1. The van der Waals surface area contributed by atoms with Crippen molar-refractivity contribution >= 4 is 34.1 Å². The molecule has 0 spiro atoms. The Bertz CT molecular complexity index is 940. The Labute approximate surface area is 151 Å². The van der Waals surface area contributed by atoms with Gasteiger partial charge in [0.25, 0.3) is 5.91 Å². The minimum atomic E-state index is -0.652. The van der Waals surface area contributed by atoms with Crippen LogP contribution < -0.4 is 10.1 Å². The Kier molecular flexibility index (Phi) is 4.91. The fourth-order valence-electron chi connectivity index (χ4n) is 2.53. The van der Waals surface area contributed by atoms with Gasteiger partial charge < -0.3 is 10.1 Å². The van der Waals surface area contributed by atoms with Gasteiger partial charge in [-0.1, -0.05) is 29.8 Å². The number of rotatable bonds is 4. The molecule has 4 nitrogen and oxygen atoms in total. The van der Waals surface area contributed by atoms with Crippen LogP contribution in [0.5, 0.6) is 5.75 Å². The summed E-state index contributed by atoms with van der Waals surface area (Å²) in [4.78, 5) is 17.0. The highest BCUT2D eigenvalue weighted by atomic mass is 35.5. The monoisotopic (exact) mass is 354 g/mol. The van der Waals surface area contributed by atoms with Gasteiger partial charge in [0, 0.05) is 16.1 Å². The number of ether oxygens (including phenoxy) is 1. The lowest BCUT2D eigenvalue weighted by molar-refractivity contribution is -0.122. The van der Waals surface area contributed by atoms with Gasteiger partial charge in [-0.05, 0) is 56.7 Å². The van der Waals surface area contributed by atoms with E-state index < -0.39 is 6.10 Å². The maximum Gasteiger partial charge on any atom is 0.265 e. The fourth-order valence-corrected chi connectivity index (χ4v) is 2.65. The molecule has 1 amide bonds. The molecule has 0 saturated heterocycles. The van der Waals surface area contributed by atoms with Gasteiger partial charge in [0.1, 0.15) is 5.75 Å². The standard InChI is InChI=1S/C20H19ClN2O2/c1-12-11-16(9-10-17(12)21)25-14(3)20(24)23-18-6-4-5-15-8-7-13(2)22-19(15)18/h4-11,14H,1-3H3,(H,23,24). The van der Waals surface area contributed by atoms with Crippen molar-refractivity contribution in [2.45, 2.75) is 26.9 Å². The smallest absolute Gasteiger partial charge is 0.265 e. The second-order valence-electron chi connectivity index (χ2n) is 5.99. The van der Waals surface area contributed by atoms with Gasteiger partial charge in [-0.3, -0.25) is 9.78 Å². The van der Waals surface area contributed by atoms with Crippen molar-refractivity contribution in [2.24, 2.45) is 0 Å². The third kappa shape index (κ3) is 3.91. The van der Waals surface area contributed by atoms with Crippen LogP contribution in [0.25, 0.3) is 10.9 Å². The molecule has 0 bridgehead atoms. The number of carbonyl (C=O) groups excluding carboxylic acids is 1. The number of anilines is 1. The van der Waals surface area contributed by atoms with Gasteiger partial charge >= 0.3 is 0 Å². The zero-order valence-corrected chi connectivity index (χ0v) is 15.1. The first-order valence-corrected chi connectivity index (χ1v) is 8.42. The maximum absolute atomic E-state index is 12.5. The molecule has 1 N–H and O–H groups in total. The molecule has 25 heavy (non-hydrogen) atoms. The topological polar surface area (TPSA) is 51.2 Å². The molecule has 1 unspecified atom stereocenters. The molecule has 3 aromatic rings. The van der Waals surface area contributed by atoms with Gasteiger partial charge in [0.15, 0.2) is 6.10 Å². The predicted molar refractivity (Wildman–Crippen MR) is 101 cm³/mol. The maximum atomic E-state index is 12.5. The summed E-state index contributed by atoms with van der Waals surface area (Å²) >= 11 is 6.01. The second-order valence-corrected chi connectivity index (χ2v) is 6.40. The summed E-state index contributed by atoms with van der Waals surface area (Å²) in [5.41, 5.74) is 3.25. The molecule has 128 valence electrons. The summed E-state index contributed by atoms with van der Waals surface area (Å²) in [5.74, 6) is 0.375. The predicted octanol–water partition coefficient (Wildman–Crippen LogP) is 4.91. The molecule has 5 heteroatoms. The highest BCUT2D eigenvalue weighted by Gasteiger charge is 2.16. The number of benzene rings is 2. The lowest BCUT2D eigenvalue weighted by Crippen LogP contribution is -2.30. The number of hydrogen-bond donors (Lipinski definition) is 1. The average Bonchev–Trinajstić information content (AvgIpc) is 2.58. The van der Waals surface area contributed by atoms with E-state index in [1.54, 1.807) is 19.1 Å². The van der Waals surface area contributed by atoms with Crippen molar-refractivity contribution in [3.8, 4) is 5.75 Å². The fraction of sp³-hybridized carbons (Fsp3) is 0.200. The summed E-state index contributed by atoms with van der Waals surface area (Å²) in [5, 5.41) is 4.55. The third-order valence-electron chi connectivity index (χ3n) is 3.93. The van der Waals surface area contributed by atoms with Crippen molar-refractivity contribution in [1.29, 1.82) is 0 Å². The largest absolute Gasteiger partial charge is 0.481 e. The number of aryl methyl sites for hydroxylation is 2. The van der Waals surface area contributed by atoms with Gasteiger partial charge in [0.2, 0.25) is 0 Å². The SMILES string of the molecule is Cc1ccc2cccc(NC(=O)C(C)Oc3ccc(Cl)c(C)c3)c2n1. The highest BCUT2D eigenvalue weighted by Crippen LogP contribution is 2.24. The van der Waals surface area contributed by atoms with E-state index >= 15 is 0 Å². The van der Waals surface area contributed by atoms with Gasteiger partial charge in [-0.2, -0.15) is 0 Å². The van der Waals surface area contributed by atoms with Crippen LogP contribution in [-0.2, 0) is 4.79 Å². The molecule has 1 heterocycles. The van der Waals surface area contributed by atoms with E-state index in [1.807, 2.05) is 50.2 Å². The van der Waals surface area contributed by atoms with Crippen LogP contribution in [0.2, 0.25) is 5.02 Å². The van der Waals surface area contributed by atoms with E-state index in [2.05, 4.69) is 10.3 Å². The van der Waals surface area contributed by atoms with Gasteiger partial charge in [-0.15, -0.1) is 0 Å². The molecular weight excluding hydrogens is 336 g/mol. The van der Waals surface area contributed by atoms with Crippen molar-refractivity contribution in [1.82, 2.24) is 4.98 Å². The Hall–Kier alpha value is -2.59. The molecule has 0 saturated carbocycles. The van der Waals surface area contributed by atoms with Crippen molar-refractivity contribution in [3.63, 3.8) is 0 Å². The highest BCUT2D eigenvalue weighted by molar-refractivity contribution is 6.31. The lowest BCUT2D eigenvalue weighted by Gasteiger charge is -2.16. The number of hydrogen-bond acceptors (Lipinski definition) is 3. The molecule has 1 atom stereocenters. The van der Waals surface area contributed by atoms with Gasteiger partial charge in [-0.25, -0.2) is 0 Å². The van der Waals surface area contributed by atoms with Crippen LogP contribution in [0.1, 0.15) is 18.2 Å². The number of halogens is 1. The first-order chi connectivity index (χ1) is 11.9. The summed E-state index contributed by atoms with van der Waals surface area (Å²) in [6, 6.07) is 15.0. The number of carbonyl (C=O) groups is 1. The number of para-hydroxylation sites is 1. The van der Waals surface area contributed by atoms with Gasteiger partial charge in [0.05, 0.1) is 11.2 Å². The summed E-state index contributed by atoms with van der Waals surface area (Å²) in [6.07, 6.45) is -0.652. The van der Waals surface area contributed by atoms with Crippen molar-refractivity contribution in [2.75, 3.05) is 5.32 Å². The third-order valence-corrected chi connectivity index (χ3v) is 4.35. The Morgan fingerprint density at radius 3 is 2.72 bits per heavy atom. The zero-order valence-electron chi connectivity index (χ0n) is 14.3. The summed E-state index contributed by atoms with van der Waals surface area (Å²) in [6.45, 7) is 5.53. The van der Waals surface area contributed by atoms with E-state index in [4.69, 9.17) is 16.3 Å². The van der Waals surface area contributed by atoms with E-state index in [1.165, 1.54) is 0 Å². The molecule has 0 fully saturated rings. The number of aromatic nitrogens is 1. The Morgan fingerprint density at radius 2 is 1.96 bits per heavy atom. The molecule has 2 aromatic carbocycles. The average molecular weight is 355 g/mol. The number of nitrogens with one attached hydrogen (secondary N) is 1. The Morgan fingerprint density at radius 1 is 1.16 bits per heavy atom. The normalized spacial score (nSPS) is 12.0. The second kappa shape index (κ2) is 7.11. The van der Waals surface area contributed by atoms with E-state index in [9.17, 15) is 4.79 Å². The van der Waals surface area contributed by atoms with Crippen LogP contribution in [0.4, 0.5) is 5.69 Å². The molecule has 0 aliphatic carbocycles. The van der Waals surface area contributed by atoms with E-state index in [0.29, 0.717) is 16.5 Å². The number of fused-ring (bicyclic) bond motifs is 1. The number of nitrogens with zero attached hydrogens (tertiary/aromatic N) is 1. The van der Waals surface area contributed by atoms with Crippen molar-refractivity contribution < 1.29 is 9.53 Å². The Balaban J connectivity index is 1.77. The minimum absolute atomic E-state index is 0.233. The molecular formula is C20H19ClN2O2. The van der Waals surface area contributed by atoms with E-state index in [-0.39, 0.29) is 5.91 Å². The van der Waals surface area contributed by atoms with E-state index in [0.717, 1.165) is 22.2 Å². The van der Waals surface area contributed by atoms with Crippen molar-refractivity contribution in [3.05, 3.63) is 64.8 Å². The van der Waals surface area contributed by atoms with Crippen LogP contribution in [0, 0.1) is 13.8 Å². The first-order valence-electron chi connectivity index (χ1n) is 8.04. The quantitative estimate of drug-likeness (QED) is 0.724. The number of pyridine rings is 1. The number of amides is 1. The first kappa shape index (κ1) is 17.2. The van der Waals surface area contributed by atoms with Crippen LogP contribution >= 0.6 is 11.6 Å². The summed E-state index contributed by atoms with van der Waals surface area (Å²) in [7, 11) is 0. The minimum Gasteiger partial charge on any atom is -0.481 e. The molecule has 3 rings (SSSR count). The molecule has 0 radical (unpaired) electrons. The molecule has 0 aliphatic rings.